The third-order valence-corrected chi connectivity index (χ3v) is 1.96. The summed E-state index contributed by atoms with van der Waals surface area (Å²) in [6.07, 6.45) is 0.769. The molecule has 0 aliphatic heterocycles. The van der Waals surface area contributed by atoms with Crippen LogP contribution in [0.1, 0.15) is 25.6 Å². The van der Waals surface area contributed by atoms with Crippen molar-refractivity contribution in [3.05, 3.63) is 11.7 Å². The summed E-state index contributed by atoms with van der Waals surface area (Å²) in [5.41, 5.74) is 0. The van der Waals surface area contributed by atoms with Crippen molar-refractivity contribution in [3.8, 4) is 0 Å². The average Bonchev–Trinajstić information content (AvgIpc) is 2.62. The smallest absolute Gasteiger partial charge is 0.227 e. The van der Waals surface area contributed by atoms with Crippen molar-refractivity contribution in [1.82, 2.24) is 15.5 Å². The lowest BCUT2D eigenvalue weighted by atomic mass is 10.2. The molecule has 0 amide bonds. The predicted octanol–water partition coefficient (Wildman–Crippen LogP) is 1.18. The molecule has 0 saturated carbocycles. The molecule has 0 spiro atoms. The fraction of sp³-hybridized carbons (Fsp3) is 0.818. The molecule has 0 aliphatic carbocycles. The standard InChI is InChI=1S/C11H21N3O2/c1-9(2)8-15-7-6-12-5-4-11-13-10(3)14-16-11/h9,12H,4-8H2,1-3H3. The molecular weight excluding hydrogens is 206 g/mol. The van der Waals surface area contributed by atoms with Gasteiger partial charge < -0.3 is 14.6 Å². The normalized spacial score (nSPS) is 11.2. The summed E-state index contributed by atoms with van der Waals surface area (Å²) >= 11 is 0. The van der Waals surface area contributed by atoms with Crippen molar-refractivity contribution in [1.29, 1.82) is 0 Å². The van der Waals surface area contributed by atoms with E-state index in [4.69, 9.17) is 9.26 Å². The van der Waals surface area contributed by atoms with Gasteiger partial charge in [0.1, 0.15) is 0 Å². The number of nitrogens with zero attached hydrogens (tertiary/aromatic N) is 2. The topological polar surface area (TPSA) is 60.2 Å². The maximum absolute atomic E-state index is 5.44. The van der Waals surface area contributed by atoms with Gasteiger partial charge in [-0.3, -0.25) is 0 Å². The molecule has 0 saturated heterocycles. The first kappa shape index (κ1) is 13.1. The van der Waals surface area contributed by atoms with Crippen LogP contribution in [0.25, 0.3) is 0 Å². The highest BCUT2D eigenvalue weighted by Crippen LogP contribution is 1.95. The highest BCUT2D eigenvalue weighted by atomic mass is 16.5. The molecule has 1 heterocycles. The van der Waals surface area contributed by atoms with Gasteiger partial charge in [-0.2, -0.15) is 4.98 Å². The van der Waals surface area contributed by atoms with Crippen LogP contribution in [-0.2, 0) is 11.2 Å². The molecule has 0 atom stereocenters. The van der Waals surface area contributed by atoms with Crippen LogP contribution in [0.3, 0.4) is 0 Å². The second-order valence-corrected chi connectivity index (χ2v) is 4.20. The first-order valence-electron chi connectivity index (χ1n) is 5.76. The van der Waals surface area contributed by atoms with Crippen molar-refractivity contribution < 1.29 is 9.26 Å². The van der Waals surface area contributed by atoms with Crippen molar-refractivity contribution >= 4 is 0 Å². The van der Waals surface area contributed by atoms with Crippen LogP contribution in [-0.4, -0.2) is 36.4 Å². The van der Waals surface area contributed by atoms with Crippen molar-refractivity contribution in [3.63, 3.8) is 0 Å². The molecule has 1 N–H and O–H groups in total. The molecular formula is C11H21N3O2. The van der Waals surface area contributed by atoms with E-state index in [1.54, 1.807) is 0 Å². The van der Waals surface area contributed by atoms with Gasteiger partial charge in [-0.05, 0) is 12.8 Å². The highest BCUT2D eigenvalue weighted by molar-refractivity contribution is 4.83. The Morgan fingerprint density at radius 2 is 2.19 bits per heavy atom. The van der Waals surface area contributed by atoms with E-state index in [1.165, 1.54) is 0 Å². The van der Waals surface area contributed by atoms with E-state index in [0.717, 1.165) is 32.7 Å². The summed E-state index contributed by atoms with van der Waals surface area (Å²) in [7, 11) is 0. The molecule has 0 bridgehead atoms. The molecule has 1 aromatic heterocycles. The Kier molecular flexibility index (Phi) is 6.03. The minimum atomic E-state index is 0.598. The molecule has 0 aromatic carbocycles. The maximum Gasteiger partial charge on any atom is 0.227 e. The van der Waals surface area contributed by atoms with Gasteiger partial charge in [0.25, 0.3) is 0 Å². The first-order chi connectivity index (χ1) is 7.68. The van der Waals surface area contributed by atoms with Gasteiger partial charge in [0.15, 0.2) is 5.82 Å². The van der Waals surface area contributed by atoms with Crippen LogP contribution in [0, 0.1) is 12.8 Å². The minimum Gasteiger partial charge on any atom is -0.380 e. The van der Waals surface area contributed by atoms with Gasteiger partial charge in [-0.25, -0.2) is 0 Å². The van der Waals surface area contributed by atoms with E-state index in [9.17, 15) is 0 Å². The fourth-order valence-corrected chi connectivity index (χ4v) is 1.23. The second-order valence-electron chi connectivity index (χ2n) is 4.20. The van der Waals surface area contributed by atoms with Crippen LogP contribution in [0.4, 0.5) is 0 Å². The zero-order valence-corrected chi connectivity index (χ0v) is 10.3. The summed E-state index contributed by atoms with van der Waals surface area (Å²) in [4.78, 5) is 4.12. The van der Waals surface area contributed by atoms with Crippen LogP contribution in [0.5, 0.6) is 0 Å². The minimum absolute atomic E-state index is 0.598. The number of nitrogens with one attached hydrogen (secondary N) is 1. The first-order valence-corrected chi connectivity index (χ1v) is 5.76. The van der Waals surface area contributed by atoms with Crippen LogP contribution >= 0.6 is 0 Å². The van der Waals surface area contributed by atoms with Gasteiger partial charge in [-0.15, -0.1) is 0 Å². The van der Waals surface area contributed by atoms with E-state index < -0.39 is 0 Å². The molecule has 5 heteroatoms. The molecule has 92 valence electrons. The van der Waals surface area contributed by atoms with E-state index in [-0.39, 0.29) is 0 Å². The van der Waals surface area contributed by atoms with Gasteiger partial charge in [-0.1, -0.05) is 19.0 Å². The van der Waals surface area contributed by atoms with Crippen molar-refractivity contribution in [2.75, 3.05) is 26.3 Å². The Morgan fingerprint density at radius 3 is 2.81 bits per heavy atom. The quantitative estimate of drug-likeness (QED) is 0.676. The lowest BCUT2D eigenvalue weighted by molar-refractivity contribution is 0.112. The Bertz CT molecular complexity index is 287. The third kappa shape index (κ3) is 5.82. The zero-order chi connectivity index (χ0) is 11.8. The molecule has 0 fully saturated rings. The summed E-state index contributed by atoms with van der Waals surface area (Å²) in [6, 6.07) is 0. The molecule has 5 nitrogen and oxygen atoms in total. The van der Waals surface area contributed by atoms with Crippen molar-refractivity contribution in [2.45, 2.75) is 27.2 Å². The monoisotopic (exact) mass is 227 g/mol. The van der Waals surface area contributed by atoms with E-state index >= 15 is 0 Å². The number of aryl methyl sites for hydroxylation is 1. The van der Waals surface area contributed by atoms with Crippen LogP contribution < -0.4 is 5.32 Å². The lowest BCUT2D eigenvalue weighted by Crippen LogP contribution is -2.23. The predicted molar refractivity (Wildman–Crippen MR) is 61.3 cm³/mol. The Labute approximate surface area is 96.6 Å². The molecule has 0 radical (unpaired) electrons. The van der Waals surface area contributed by atoms with Gasteiger partial charge >= 0.3 is 0 Å². The summed E-state index contributed by atoms with van der Waals surface area (Å²) in [6.45, 7) is 9.38. The summed E-state index contributed by atoms with van der Waals surface area (Å²) < 4.78 is 10.4. The van der Waals surface area contributed by atoms with E-state index in [1.807, 2.05) is 6.92 Å². The molecule has 16 heavy (non-hydrogen) atoms. The average molecular weight is 227 g/mol. The van der Waals surface area contributed by atoms with E-state index in [2.05, 4.69) is 29.3 Å². The van der Waals surface area contributed by atoms with Gasteiger partial charge in [0.05, 0.1) is 6.61 Å². The van der Waals surface area contributed by atoms with Crippen molar-refractivity contribution in [2.24, 2.45) is 5.92 Å². The summed E-state index contributed by atoms with van der Waals surface area (Å²) in [5, 5.41) is 6.99. The summed E-state index contributed by atoms with van der Waals surface area (Å²) in [5.74, 6) is 1.98. The maximum atomic E-state index is 5.44. The molecule has 0 unspecified atom stereocenters. The van der Waals surface area contributed by atoms with Gasteiger partial charge in [0.2, 0.25) is 5.89 Å². The molecule has 1 rings (SSSR count). The second kappa shape index (κ2) is 7.35. The SMILES string of the molecule is Cc1noc(CCNCCOCC(C)C)n1. The van der Waals surface area contributed by atoms with Crippen LogP contribution in [0.15, 0.2) is 4.52 Å². The van der Waals surface area contributed by atoms with E-state index in [0.29, 0.717) is 17.6 Å². The number of aromatic nitrogens is 2. The third-order valence-electron chi connectivity index (χ3n) is 1.96. The fourth-order valence-electron chi connectivity index (χ4n) is 1.23. The zero-order valence-electron chi connectivity index (χ0n) is 10.3. The number of rotatable bonds is 8. The number of hydrogen-bond acceptors (Lipinski definition) is 5. The molecule has 0 aliphatic rings. The Morgan fingerprint density at radius 1 is 1.38 bits per heavy atom. The Balaban J connectivity index is 1.92. The van der Waals surface area contributed by atoms with Gasteiger partial charge in [0, 0.05) is 26.1 Å². The highest BCUT2D eigenvalue weighted by Gasteiger charge is 2.01. The number of ether oxygens (including phenoxy) is 1. The number of hydrogen-bond donors (Lipinski definition) is 1. The molecule has 1 aromatic rings. The lowest BCUT2D eigenvalue weighted by Gasteiger charge is -2.06. The van der Waals surface area contributed by atoms with Crippen LogP contribution in [0.2, 0.25) is 0 Å². The largest absolute Gasteiger partial charge is 0.380 e. The Hall–Kier alpha value is -0.940.